The zero-order valence-corrected chi connectivity index (χ0v) is 25.0. The van der Waals surface area contributed by atoms with Crippen molar-refractivity contribution in [3.63, 3.8) is 0 Å². The molecular formula is C34H26N4NiO4S. The van der Waals surface area contributed by atoms with E-state index >= 15 is 0 Å². The standard InChI is InChI=1S/C17H12N3O4S.C12H9.C5H5N.Ni/c21-20(22)16-10-3-4-11-17(16)25(23,24)19-15-9-2-1-7-13(15)14-8-5-6-12-18-14;1-3-7-11(8-4-1)12-9-5-2-6-10-12;1-2-4-6-5-3-1;/h1-12H;1,3-10H;1-5H;/q2*-1;;+2. The van der Waals surface area contributed by atoms with Crippen LogP contribution in [0.1, 0.15) is 0 Å². The summed E-state index contributed by atoms with van der Waals surface area (Å²) in [6.45, 7) is 0. The van der Waals surface area contributed by atoms with Gasteiger partial charge in [-0.3, -0.25) is 20.1 Å². The van der Waals surface area contributed by atoms with Crippen molar-refractivity contribution in [3.05, 3.63) is 179 Å². The van der Waals surface area contributed by atoms with Gasteiger partial charge in [-0.25, -0.2) is 8.42 Å². The van der Waals surface area contributed by atoms with E-state index in [2.05, 4.69) is 45.0 Å². The second kappa shape index (κ2) is 17.1. The molecule has 0 spiro atoms. The van der Waals surface area contributed by atoms with Crippen molar-refractivity contribution in [2.75, 3.05) is 0 Å². The first kappa shape index (κ1) is 33.3. The van der Waals surface area contributed by atoms with Crippen molar-refractivity contribution >= 4 is 21.4 Å². The van der Waals surface area contributed by atoms with Crippen molar-refractivity contribution in [1.29, 1.82) is 0 Å². The second-order valence-corrected chi connectivity index (χ2v) is 10.3. The van der Waals surface area contributed by atoms with Crippen LogP contribution in [0.3, 0.4) is 0 Å². The number of sulfonamides is 1. The number of hydrogen-bond acceptors (Lipinski definition) is 6. The molecule has 0 bridgehead atoms. The van der Waals surface area contributed by atoms with Crippen LogP contribution in [0.15, 0.2) is 163 Å². The van der Waals surface area contributed by atoms with Gasteiger partial charge in [0.25, 0.3) is 5.69 Å². The number of nitrogens with zero attached hydrogens (tertiary/aromatic N) is 4. The number of benzene rings is 4. The number of aromatic nitrogens is 2. The van der Waals surface area contributed by atoms with E-state index in [0.29, 0.717) is 11.3 Å². The van der Waals surface area contributed by atoms with Gasteiger partial charge in [-0.05, 0) is 41.5 Å². The fraction of sp³-hybridized carbons (Fsp3) is 0. The summed E-state index contributed by atoms with van der Waals surface area (Å²) in [5, 5.41) is 11.1. The first-order chi connectivity index (χ1) is 21.0. The minimum Gasteiger partial charge on any atom is -0.572 e. The van der Waals surface area contributed by atoms with Crippen molar-refractivity contribution in [2.24, 2.45) is 0 Å². The Bertz CT molecular complexity index is 1770. The molecule has 6 aromatic rings. The van der Waals surface area contributed by atoms with Crippen LogP contribution in [0.25, 0.3) is 27.1 Å². The smallest absolute Gasteiger partial charge is 0.572 e. The number of rotatable bonds is 6. The van der Waals surface area contributed by atoms with Crippen LogP contribution in [0.4, 0.5) is 11.4 Å². The van der Waals surface area contributed by atoms with E-state index in [1.54, 1.807) is 55.0 Å². The maximum absolute atomic E-state index is 12.6. The summed E-state index contributed by atoms with van der Waals surface area (Å²) in [4.78, 5) is 17.9. The average molecular weight is 645 g/mol. The molecule has 0 fully saturated rings. The van der Waals surface area contributed by atoms with E-state index in [-0.39, 0.29) is 22.2 Å². The van der Waals surface area contributed by atoms with E-state index in [9.17, 15) is 18.5 Å². The number of nitro groups is 1. The first-order valence-corrected chi connectivity index (χ1v) is 14.5. The van der Waals surface area contributed by atoms with Crippen LogP contribution in [-0.2, 0) is 26.5 Å². The largest absolute Gasteiger partial charge is 2.00 e. The molecule has 0 amide bonds. The molecule has 10 heteroatoms. The predicted octanol–water partition coefficient (Wildman–Crippen LogP) is 8.28. The van der Waals surface area contributed by atoms with Crippen molar-refractivity contribution in [1.82, 2.24) is 9.97 Å². The maximum Gasteiger partial charge on any atom is 2.00 e. The summed E-state index contributed by atoms with van der Waals surface area (Å²) in [5.41, 5.74) is 3.23. The van der Waals surface area contributed by atoms with Crippen LogP contribution >= 0.6 is 0 Å². The summed E-state index contributed by atoms with van der Waals surface area (Å²) in [6.07, 6.45) is 5.09. The van der Waals surface area contributed by atoms with Gasteiger partial charge in [-0.15, -0.1) is 11.3 Å². The minimum absolute atomic E-state index is 0. The number of para-hydroxylation sites is 1. The molecule has 0 unspecified atom stereocenters. The van der Waals surface area contributed by atoms with Crippen LogP contribution in [0, 0.1) is 16.2 Å². The van der Waals surface area contributed by atoms with Gasteiger partial charge in [0, 0.05) is 24.7 Å². The molecule has 222 valence electrons. The molecule has 0 aliphatic rings. The van der Waals surface area contributed by atoms with Gasteiger partial charge in [-0.2, -0.15) is 30.3 Å². The molecule has 0 N–H and O–H groups in total. The summed E-state index contributed by atoms with van der Waals surface area (Å²) in [6, 6.07) is 44.0. The molecule has 0 atom stereocenters. The SMILES string of the molecule is O=[N+]([O-])c1ccccc1S(=O)(=O)[N-]c1ccccc1-c1ccccn1.[Ni+2].[c-]1ccc(-c2ccccc2)cc1.c1ccncc1. The van der Waals surface area contributed by atoms with E-state index in [0.717, 1.165) is 6.07 Å². The Morgan fingerprint density at radius 3 is 1.84 bits per heavy atom. The van der Waals surface area contributed by atoms with E-state index in [4.69, 9.17) is 0 Å². The molecule has 0 aliphatic heterocycles. The molecule has 0 aliphatic carbocycles. The van der Waals surface area contributed by atoms with Gasteiger partial charge in [0.15, 0.2) is 0 Å². The summed E-state index contributed by atoms with van der Waals surface area (Å²) < 4.78 is 29.0. The molecule has 2 aromatic heterocycles. The van der Waals surface area contributed by atoms with Gasteiger partial charge >= 0.3 is 16.5 Å². The molecule has 2 heterocycles. The summed E-state index contributed by atoms with van der Waals surface area (Å²) in [7, 11) is -4.26. The molecule has 6 rings (SSSR count). The first-order valence-electron chi connectivity index (χ1n) is 13.0. The van der Waals surface area contributed by atoms with Crippen LogP contribution in [0.2, 0.25) is 0 Å². The second-order valence-electron chi connectivity index (χ2n) is 8.70. The molecular weight excluding hydrogens is 619 g/mol. The zero-order chi connectivity index (χ0) is 30.3. The molecule has 0 saturated heterocycles. The van der Waals surface area contributed by atoms with Crippen LogP contribution < -0.4 is 0 Å². The Hall–Kier alpha value is -5.18. The van der Waals surface area contributed by atoms with Crippen LogP contribution in [-0.4, -0.2) is 23.3 Å². The molecule has 0 radical (unpaired) electrons. The average Bonchev–Trinajstić information content (AvgIpc) is 3.07. The van der Waals surface area contributed by atoms with Crippen molar-refractivity contribution in [2.45, 2.75) is 4.90 Å². The zero-order valence-electron chi connectivity index (χ0n) is 23.2. The Labute approximate surface area is 266 Å². The van der Waals surface area contributed by atoms with Gasteiger partial charge < -0.3 is 4.72 Å². The molecule has 0 saturated carbocycles. The fourth-order valence-electron chi connectivity index (χ4n) is 3.82. The van der Waals surface area contributed by atoms with Gasteiger partial charge in [0.1, 0.15) is 14.9 Å². The normalized spacial score (nSPS) is 10.0. The summed E-state index contributed by atoms with van der Waals surface area (Å²) in [5.74, 6) is 0. The van der Waals surface area contributed by atoms with E-state index in [1.165, 1.54) is 35.4 Å². The maximum atomic E-state index is 12.6. The topological polar surface area (TPSA) is 117 Å². The predicted molar refractivity (Wildman–Crippen MR) is 168 cm³/mol. The third kappa shape index (κ3) is 9.69. The minimum atomic E-state index is -4.26. The van der Waals surface area contributed by atoms with Gasteiger partial charge in [0.2, 0.25) is 0 Å². The van der Waals surface area contributed by atoms with E-state index in [1.807, 2.05) is 48.5 Å². The summed E-state index contributed by atoms with van der Waals surface area (Å²) >= 11 is 0. The molecule has 4 aromatic carbocycles. The fourth-order valence-corrected chi connectivity index (χ4v) is 4.99. The Morgan fingerprint density at radius 1 is 0.659 bits per heavy atom. The third-order valence-electron chi connectivity index (χ3n) is 5.80. The van der Waals surface area contributed by atoms with Crippen molar-refractivity contribution < 1.29 is 29.8 Å². The van der Waals surface area contributed by atoms with E-state index < -0.39 is 25.5 Å². The Kier molecular flexibility index (Phi) is 12.9. The van der Waals surface area contributed by atoms with Gasteiger partial charge in [0.05, 0.1) is 10.6 Å². The number of hydrogen-bond donors (Lipinski definition) is 0. The monoisotopic (exact) mass is 644 g/mol. The Balaban J connectivity index is 0.000000228. The number of pyridine rings is 2. The van der Waals surface area contributed by atoms with Crippen LogP contribution in [0.5, 0.6) is 0 Å². The number of nitro benzene ring substituents is 1. The molecule has 44 heavy (non-hydrogen) atoms. The molecule has 8 nitrogen and oxygen atoms in total. The third-order valence-corrected chi connectivity index (χ3v) is 7.13. The van der Waals surface area contributed by atoms with Crippen molar-refractivity contribution in [3.8, 4) is 22.4 Å². The quantitative estimate of drug-likeness (QED) is 0.0779. The Morgan fingerprint density at radius 2 is 1.23 bits per heavy atom. The van der Waals surface area contributed by atoms with Gasteiger partial charge in [-0.1, -0.05) is 78.9 Å².